The molecule has 2 aliphatic rings. The minimum absolute atomic E-state index is 0.0733. The van der Waals surface area contributed by atoms with Gasteiger partial charge in [-0.05, 0) is 43.9 Å². The fraction of sp³-hybridized carbons (Fsp3) is 0.611. The Kier molecular flexibility index (Phi) is 5.64. The smallest absolute Gasteiger partial charge is 0.223 e. The van der Waals surface area contributed by atoms with E-state index in [1.165, 1.54) is 5.56 Å². The molecule has 0 aromatic heterocycles. The highest BCUT2D eigenvalue weighted by molar-refractivity contribution is 7.89. The molecule has 1 saturated carbocycles. The summed E-state index contributed by atoms with van der Waals surface area (Å²) in [5.74, 6) is 0.345. The molecule has 25 heavy (non-hydrogen) atoms. The van der Waals surface area contributed by atoms with Crippen LogP contribution in [0.2, 0.25) is 0 Å². The standard InChI is InChI=1S/C18H27N3O3S/c1-15-4-2-5-17(14-15)20-9-11-21(12-10-20)25(23,24)13-3-8-19-18(22)16-6-7-16/h2,4-5,14,16H,3,6-13H2,1H3,(H,19,22). The summed E-state index contributed by atoms with van der Waals surface area (Å²) in [6.07, 6.45) is 2.41. The third kappa shape index (κ3) is 4.95. The Morgan fingerprint density at radius 3 is 2.56 bits per heavy atom. The first kappa shape index (κ1) is 18.2. The Morgan fingerprint density at radius 2 is 1.92 bits per heavy atom. The first-order chi connectivity index (χ1) is 12.0. The van der Waals surface area contributed by atoms with Crippen LogP contribution in [0, 0.1) is 12.8 Å². The number of sulfonamides is 1. The van der Waals surface area contributed by atoms with Gasteiger partial charge in [0.05, 0.1) is 5.75 Å². The van der Waals surface area contributed by atoms with Crippen molar-refractivity contribution in [2.75, 3.05) is 43.4 Å². The van der Waals surface area contributed by atoms with Gasteiger partial charge in [0.1, 0.15) is 0 Å². The molecule has 7 heteroatoms. The van der Waals surface area contributed by atoms with Crippen LogP contribution in [0.5, 0.6) is 0 Å². The van der Waals surface area contributed by atoms with Gasteiger partial charge in [0, 0.05) is 44.3 Å². The molecule has 1 aliphatic carbocycles. The monoisotopic (exact) mass is 365 g/mol. The molecule has 1 saturated heterocycles. The molecule has 1 amide bonds. The first-order valence-electron chi connectivity index (χ1n) is 9.03. The van der Waals surface area contributed by atoms with Crippen LogP contribution in [0.4, 0.5) is 5.69 Å². The lowest BCUT2D eigenvalue weighted by Crippen LogP contribution is -2.49. The molecule has 0 bridgehead atoms. The number of rotatable bonds is 7. The number of piperazine rings is 1. The molecule has 0 radical (unpaired) electrons. The van der Waals surface area contributed by atoms with E-state index < -0.39 is 10.0 Å². The first-order valence-corrected chi connectivity index (χ1v) is 10.6. The van der Waals surface area contributed by atoms with Crippen LogP contribution in [0.25, 0.3) is 0 Å². The van der Waals surface area contributed by atoms with Gasteiger partial charge in [0.15, 0.2) is 0 Å². The zero-order valence-electron chi connectivity index (χ0n) is 14.8. The molecule has 0 spiro atoms. The molecule has 1 N–H and O–H groups in total. The number of carbonyl (C=O) groups excluding carboxylic acids is 1. The van der Waals surface area contributed by atoms with Gasteiger partial charge in [-0.1, -0.05) is 12.1 Å². The molecule has 1 aromatic rings. The summed E-state index contributed by atoms with van der Waals surface area (Å²) in [5.41, 5.74) is 2.36. The van der Waals surface area contributed by atoms with Crippen molar-refractivity contribution in [1.82, 2.24) is 9.62 Å². The quantitative estimate of drug-likeness (QED) is 0.741. The molecule has 3 rings (SSSR count). The van der Waals surface area contributed by atoms with Crippen molar-refractivity contribution in [2.24, 2.45) is 5.92 Å². The molecule has 6 nitrogen and oxygen atoms in total. The Bertz CT molecular complexity index is 708. The molecule has 1 aromatic carbocycles. The number of hydrogen-bond acceptors (Lipinski definition) is 4. The zero-order valence-corrected chi connectivity index (χ0v) is 15.6. The van der Waals surface area contributed by atoms with Crippen molar-refractivity contribution in [3.63, 3.8) is 0 Å². The average Bonchev–Trinajstić information content (AvgIpc) is 3.44. The fourth-order valence-corrected chi connectivity index (χ4v) is 4.62. The summed E-state index contributed by atoms with van der Waals surface area (Å²) in [7, 11) is -3.24. The number of benzene rings is 1. The van der Waals surface area contributed by atoms with E-state index >= 15 is 0 Å². The van der Waals surface area contributed by atoms with Crippen molar-refractivity contribution in [1.29, 1.82) is 0 Å². The molecule has 138 valence electrons. The summed E-state index contributed by atoms with van der Waals surface area (Å²) in [6.45, 7) is 4.96. The summed E-state index contributed by atoms with van der Waals surface area (Å²) in [5, 5.41) is 2.82. The Balaban J connectivity index is 1.43. The van der Waals surface area contributed by atoms with E-state index in [0.29, 0.717) is 39.1 Å². The van der Waals surface area contributed by atoms with Crippen molar-refractivity contribution in [2.45, 2.75) is 26.2 Å². The summed E-state index contributed by atoms with van der Waals surface area (Å²) in [4.78, 5) is 13.8. The maximum Gasteiger partial charge on any atom is 0.223 e. The van der Waals surface area contributed by atoms with Gasteiger partial charge in [-0.25, -0.2) is 8.42 Å². The summed E-state index contributed by atoms with van der Waals surface area (Å²) in [6, 6.07) is 8.29. The van der Waals surface area contributed by atoms with Gasteiger partial charge in [-0.3, -0.25) is 4.79 Å². The van der Waals surface area contributed by atoms with Crippen LogP contribution in [-0.4, -0.2) is 57.1 Å². The lowest BCUT2D eigenvalue weighted by atomic mass is 10.2. The Hall–Kier alpha value is -1.60. The fourth-order valence-electron chi connectivity index (χ4n) is 3.13. The van der Waals surface area contributed by atoms with E-state index in [-0.39, 0.29) is 17.6 Å². The Labute approximate surface area is 150 Å². The van der Waals surface area contributed by atoms with E-state index in [2.05, 4.69) is 35.3 Å². The highest BCUT2D eigenvalue weighted by atomic mass is 32.2. The van der Waals surface area contributed by atoms with Gasteiger partial charge >= 0.3 is 0 Å². The van der Waals surface area contributed by atoms with Gasteiger partial charge in [0.25, 0.3) is 0 Å². The Morgan fingerprint density at radius 1 is 1.20 bits per heavy atom. The second-order valence-electron chi connectivity index (χ2n) is 6.96. The van der Waals surface area contributed by atoms with Crippen LogP contribution < -0.4 is 10.2 Å². The zero-order chi connectivity index (χ0) is 17.9. The number of hydrogen-bond donors (Lipinski definition) is 1. The van der Waals surface area contributed by atoms with Crippen LogP contribution >= 0.6 is 0 Å². The van der Waals surface area contributed by atoms with E-state index in [0.717, 1.165) is 18.5 Å². The average molecular weight is 365 g/mol. The third-order valence-corrected chi connectivity index (χ3v) is 6.78. The molecule has 2 fully saturated rings. The predicted octanol–water partition coefficient (Wildman–Crippen LogP) is 1.36. The molecular weight excluding hydrogens is 338 g/mol. The highest BCUT2D eigenvalue weighted by Gasteiger charge is 2.30. The number of aryl methyl sites for hydroxylation is 1. The lowest BCUT2D eigenvalue weighted by Gasteiger charge is -2.35. The SMILES string of the molecule is Cc1cccc(N2CCN(S(=O)(=O)CCCNC(=O)C3CC3)CC2)c1. The number of nitrogens with zero attached hydrogens (tertiary/aromatic N) is 2. The topological polar surface area (TPSA) is 69.7 Å². The van der Waals surface area contributed by atoms with E-state index in [4.69, 9.17) is 0 Å². The minimum Gasteiger partial charge on any atom is -0.369 e. The number of carbonyl (C=O) groups is 1. The highest BCUT2D eigenvalue weighted by Crippen LogP contribution is 2.28. The second-order valence-corrected chi connectivity index (χ2v) is 9.05. The van der Waals surface area contributed by atoms with E-state index in [1.807, 2.05) is 6.07 Å². The molecule has 0 atom stereocenters. The van der Waals surface area contributed by atoms with Gasteiger partial charge in [-0.2, -0.15) is 4.31 Å². The largest absolute Gasteiger partial charge is 0.369 e. The molecule has 1 aliphatic heterocycles. The van der Waals surface area contributed by atoms with Gasteiger partial charge in [0.2, 0.25) is 15.9 Å². The van der Waals surface area contributed by atoms with Crippen molar-refractivity contribution in [3.8, 4) is 0 Å². The third-order valence-electron chi connectivity index (χ3n) is 4.83. The van der Waals surface area contributed by atoms with Gasteiger partial charge in [-0.15, -0.1) is 0 Å². The molecule has 1 heterocycles. The van der Waals surface area contributed by atoms with Crippen molar-refractivity contribution < 1.29 is 13.2 Å². The van der Waals surface area contributed by atoms with E-state index in [9.17, 15) is 13.2 Å². The van der Waals surface area contributed by atoms with E-state index in [1.54, 1.807) is 4.31 Å². The van der Waals surface area contributed by atoms with Crippen molar-refractivity contribution in [3.05, 3.63) is 29.8 Å². The van der Waals surface area contributed by atoms with Gasteiger partial charge < -0.3 is 10.2 Å². The maximum atomic E-state index is 12.5. The maximum absolute atomic E-state index is 12.5. The number of anilines is 1. The van der Waals surface area contributed by atoms with Crippen molar-refractivity contribution >= 4 is 21.6 Å². The van der Waals surface area contributed by atoms with Crippen LogP contribution in [-0.2, 0) is 14.8 Å². The summed E-state index contributed by atoms with van der Waals surface area (Å²) < 4.78 is 26.5. The second kappa shape index (κ2) is 7.74. The number of amides is 1. The lowest BCUT2D eigenvalue weighted by molar-refractivity contribution is -0.122. The normalized spacial score (nSPS) is 19.0. The molecule has 0 unspecified atom stereocenters. The van der Waals surface area contributed by atoms with Crippen LogP contribution in [0.15, 0.2) is 24.3 Å². The predicted molar refractivity (Wildman–Crippen MR) is 99.1 cm³/mol. The van der Waals surface area contributed by atoms with Crippen LogP contribution in [0.1, 0.15) is 24.8 Å². The number of nitrogens with one attached hydrogen (secondary N) is 1. The molecular formula is C18H27N3O3S. The van der Waals surface area contributed by atoms with Crippen LogP contribution in [0.3, 0.4) is 0 Å². The summed E-state index contributed by atoms with van der Waals surface area (Å²) >= 11 is 0. The minimum atomic E-state index is -3.24.